The van der Waals surface area contributed by atoms with Gasteiger partial charge in [-0.05, 0) is 38.1 Å². The zero-order valence-electron chi connectivity index (χ0n) is 17.0. The van der Waals surface area contributed by atoms with Crippen LogP contribution < -0.4 is 20.9 Å². The number of nitrogens with zero attached hydrogens (tertiary/aromatic N) is 3. The second kappa shape index (κ2) is 12.3. The minimum absolute atomic E-state index is 0.119. The Morgan fingerprint density at radius 3 is 2.60 bits per heavy atom. The zero-order chi connectivity index (χ0) is 21.9. The van der Waals surface area contributed by atoms with Gasteiger partial charge in [0.2, 0.25) is 5.91 Å². The van der Waals surface area contributed by atoms with Gasteiger partial charge in [-0.3, -0.25) is 4.79 Å². The average molecular weight is 453 g/mol. The average Bonchev–Trinajstić information content (AvgIpc) is 2.72. The fraction of sp³-hybridized carbons (Fsp3) is 0.400. The molecule has 1 aliphatic rings. The predicted octanol–water partition coefficient (Wildman–Crippen LogP) is 3.23. The van der Waals surface area contributed by atoms with Gasteiger partial charge in [-0.2, -0.15) is 0 Å². The van der Waals surface area contributed by atoms with Gasteiger partial charge in [0.15, 0.2) is 0 Å². The first-order valence-electron chi connectivity index (χ1n) is 9.56. The number of aldehydes is 1. The first-order chi connectivity index (χ1) is 14.4. The highest BCUT2D eigenvalue weighted by molar-refractivity contribution is 6.35. The Balaban J connectivity index is 0.000000232. The highest BCUT2D eigenvalue weighted by Gasteiger charge is 2.19. The van der Waals surface area contributed by atoms with E-state index in [1.807, 2.05) is 13.1 Å². The number of anilines is 3. The quantitative estimate of drug-likeness (QED) is 0.578. The molecule has 3 N–H and O–H groups in total. The molecule has 1 amide bonds. The van der Waals surface area contributed by atoms with Crippen molar-refractivity contribution in [2.24, 2.45) is 0 Å². The molecule has 1 unspecified atom stereocenters. The second-order valence-corrected chi connectivity index (χ2v) is 7.60. The van der Waals surface area contributed by atoms with E-state index in [1.165, 1.54) is 19.7 Å². The number of nitrogens with one attached hydrogen (secondary N) is 3. The molecule has 30 heavy (non-hydrogen) atoms. The van der Waals surface area contributed by atoms with E-state index in [4.69, 9.17) is 23.2 Å². The van der Waals surface area contributed by atoms with E-state index < -0.39 is 0 Å². The summed E-state index contributed by atoms with van der Waals surface area (Å²) in [5.74, 6) is 1.30. The standard InChI is InChI=1S/C12H19N5O.C8H7Cl2NO/c1-9(18)16-11-6-12(15-8-14-11)17-5-3-4-10(7-17)13-2;9-6-3-7(10)5-8(4-6)11-1-2-12/h6,8,10,13H,3-5,7H2,1-2H3,(H,14,15,16,18);2-5,11H,1H2. The van der Waals surface area contributed by atoms with E-state index in [0.29, 0.717) is 21.9 Å². The van der Waals surface area contributed by atoms with Crippen molar-refractivity contribution in [3.63, 3.8) is 0 Å². The van der Waals surface area contributed by atoms with E-state index in [1.54, 1.807) is 18.2 Å². The van der Waals surface area contributed by atoms with Gasteiger partial charge in [-0.25, -0.2) is 9.97 Å². The molecule has 0 spiro atoms. The number of hydrogen-bond donors (Lipinski definition) is 3. The number of benzene rings is 1. The Morgan fingerprint density at radius 2 is 1.97 bits per heavy atom. The van der Waals surface area contributed by atoms with Crippen LogP contribution in [-0.4, -0.2) is 54.9 Å². The topological polar surface area (TPSA) is 99.2 Å². The molecular weight excluding hydrogens is 427 g/mol. The summed E-state index contributed by atoms with van der Waals surface area (Å²) in [5, 5.41) is 9.92. The summed E-state index contributed by atoms with van der Waals surface area (Å²) >= 11 is 11.4. The van der Waals surface area contributed by atoms with Gasteiger partial charge in [-0.15, -0.1) is 0 Å². The maximum Gasteiger partial charge on any atom is 0.222 e. The van der Waals surface area contributed by atoms with Gasteiger partial charge in [-0.1, -0.05) is 23.2 Å². The Bertz CT molecular complexity index is 832. The van der Waals surface area contributed by atoms with Crippen molar-refractivity contribution in [1.82, 2.24) is 15.3 Å². The number of amides is 1. The molecule has 3 rings (SSSR count). The van der Waals surface area contributed by atoms with Crippen molar-refractivity contribution in [2.45, 2.75) is 25.8 Å². The van der Waals surface area contributed by atoms with Gasteiger partial charge in [0, 0.05) is 47.9 Å². The number of carbonyl (C=O) groups is 2. The molecule has 1 fully saturated rings. The van der Waals surface area contributed by atoms with Crippen LogP contribution in [0, 0.1) is 0 Å². The van der Waals surface area contributed by atoms with Crippen LogP contribution in [0.3, 0.4) is 0 Å². The predicted molar refractivity (Wildman–Crippen MR) is 122 cm³/mol. The SMILES string of the molecule is CNC1CCCN(c2cc(NC(C)=O)ncn2)C1.O=CCNc1cc(Cl)cc(Cl)c1. The lowest BCUT2D eigenvalue weighted by molar-refractivity contribution is -0.114. The summed E-state index contributed by atoms with van der Waals surface area (Å²) in [4.78, 5) is 31.5. The molecular formula is C20H26Cl2N6O2. The lowest BCUT2D eigenvalue weighted by atomic mass is 10.1. The first kappa shape index (κ1) is 23.9. The molecule has 1 aromatic heterocycles. The van der Waals surface area contributed by atoms with Crippen molar-refractivity contribution in [3.05, 3.63) is 40.6 Å². The van der Waals surface area contributed by atoms with Crippen molar-refractivity contribution >= 4 is 52.7 Å². The van der Waals surface area contributed by atoms with E-state index in [9.17, 15) is 9.59 Å². The van der Waals surface area contributed by atoms with Crippen molar-refractivity contribution < 1.29 is 9.59 Å². The maximum atomic E-state index is 11.0. The van der Waals surface area contributed by atoms with Gasteiger partial charge in [0.25, 0.3) is 0 Å². The zero-order valence-corrected chi connectivity index (χ0v) is 18.5. The lowest BCUT2D eigenvalue weighted by Gasteiger charge is -2.33. The summed E-state index contributed by atoms with van der Waals surface area (Å²) < 4.78 is 0. The molecule has 1 aliphatic heterocycles. The smallest absolute Gasteiger partial charge is 0.222 e. The molecule has 1 saturated heterocycles. The van der Waals surface area contributed by atoms with E-state index in [0.717, 1.165) is 37.3 Å². The number of hydrogen-bond acceptors (Lipinski definition) is 7. The Morgan fingerprint density at radius 1 is 1.23 bits per heavy atom. The number of likely N-dealkylation sites (N-methyl/N-ethyl adjacent to an activating group) is 1. The summed E-state index contributed by atoms with van der Waals surface area (Å²) in [6, 6.07) is 7.36. The number of rotatable bonds is 6. The lowest BCUT2D eigenvalue weighted by Crippen LogP contribution is -2.44. The fourth-order valence-corrected chi connectivity index (χ4v) is 3.53. The van der Waals surface area contributed by atoms with E-state index in [2.05, 4.69) is 30.8 Å². The molecule has 0 saturated carbocycles. The van der Waals surface area contributed by atoms with Crippen LogP contribution in [0.5, 0.6) is 0 Å². The molecule has 162 valence electrons. The second-order valence-electron chi connectivity index (χ2n) is 6.72. The molecule has 0 aliphatic carbocycles. The van der Waals surface area contributed by atoms with Crippen molar-refractivity contribution in [3.8, 4) is 0 Å². The normalized spacial score (nSPS) is 15.6. The van der Waals surface area contributed by atoms with Gasteiger partial charge < -0.3 is 25.6 Å². The van der Waals surface area contributed by atoms with Crippen LogP contribution >= 0.6 is 23.2 Å². The molecule has 0 radical (unpaired) electrons. The third kappa shape index (κ3) is 8.14. The van der Waals surface area contributed by atoms with E-state index >= 15 is 0 Å². The van der Waals surface area contributed by atoms with E-state index in [-0.39, 0.29) is 12.5 Å². The van der Waals surface area contributed by atoms with Gasteiger partial charge in [0.05, 0.1) is 6.54 Å². The Kier molecular flexibility index (Phi) is 9.79. The van der Waals surface area contributed by atoms with Crippen LogP contribution in [0.2, 0.25) is 10.0 Å². The Hall–Kier alpha value is -2.42. The van der Waals surface area contributed by atoms with Crippen LogP contribution in [0.1, 0.15) is 19.8 Å². The third-order valence-corrected chi connectivity index (χ3v) is 4.80. The molecule has 10 heteroatoms. The Labute approximate surface area is 186 Å². The van der Waals surface area contributed by atoms with Gasteiger partial charge in [0.1, 0.15) is 24.2 Å². The van der Waals surface area contributed by atoms with Crippen molar-refractivity contribution in [2.75, 3.05) is 42.2 Å². The molecule has 2 aromatic rings. The highest BCUT2D eigenvalue weighted by Crippen LogP contribution is 2.22. The molecule has 1 atom stereocenters. The molecule has 2 heterocycles. The maximum absolute atomic E-state index is 11.0. The minimum Gasteiger partial charge on any atom is -0.378 e. The number of aromatic nitrogens is 2. The molecule has 0 bridgehead atoms. The van der Waals surface area contributed by atoms with Crippen molar-refractivity contribution in [1.29, 1.82) is 0 Å². The number of halogens is 2. The van der Waals surface area contributed by atoms with Crippen LogP contribution in [-0.2, 0) is 9.59 Å². The summed E-state index contributed by atoms with van der Waals surface area (Å²) in [6.45, 7) is 3.66. The summed E-state index contributed by atoms with van der Waals surface area (Å²) in [6.07, 6.45) is 4.60. The molecule has 1 aromatic carbocycles. The minimum atomic E-state index is -0.119. The summed E-state index contributed by atoms with van der Waals surface area (Å²) in [7, 11) is 1.98. The number of carbonyl (C=O) groups excluding carboxylic acids is 2. The first-order valence-corrected chi connectivity index (χ1v) is 10.3. The number of piperidine rings is 1. The monoisotopic (exact) mass is 452 g/mol. The van der Waals surface area contributed by atoms with Gasteiger partial charge >= 0.3 is 0 Å². The highest BCUT2D eigenvalue weighted by atomic mass is 35.5. The fourth-order valence-electron chi connectivity index (χ4n) is 3.00. The van der Waals surface area contributed by atoms with Crippen LogP contribution in [0.15, 0.2) is 30.6 Å². The molecule has 8 nitrogen and oxygen atoms in total. The third-order valence-electron chi connectivity index (χ3n) is 4.36. The summed E-state index contributed by atoms with van der Waals surface area (Å²) in [5.41, 5.74) is 0.750. The largest absolute Gasteiger partial charge is 0.378 e. The van der Waals surface area contributed by atoms with Crippen LogP contribution in [0.4, 0.5) is 17.3 Å². The van der Waals surface area contributed by atoms with Crippen LogP contribution in [0.25, 0.3) is 0 Å².